The molecule has 0 bridgehead atoms. The molecule has 2 aromatic carbocycles. The summed E-state index contributed by atoms with van der Waals surface area (Å²) >= 11 is 5.89. The minimum Gasteiger partial charge on any atom is -0.351 e. The molecular formula is C29H29FN4S. The smallest absolute Gasteiger partial charge is 0.174 e. The number of aryl methyl sites for hydroxylation is 1. The van der Waals surface area contributed by atoms with Crippen LogP contribution in [-0.2, 0) is 0 Å². The van der Waals surface area contributed by atoms with E-state index in [1.165, 1.54) is 11.6 Å². The Morgan fingerprint density at radius 2 is 1.71 bits per heavy atom. The average molecular weight is 485 g/mol. The van der Waals surface area contributed by atoms with E-state index in [1.54, 1.807) is 12.1 Å². The van der Waals surface area contributed by atoms with E-state index in [4.69, 9.17) is 12.2 Å². The molecule has 1 aliphatic heterocycles. The predicted molar refractivity (Wildman–Crippen MR) is 144 cm³/mol. The number of thiocarbonyl (C=S) groups is 1. The number of benzene rings is 2. The zero-order valence-corrected chi connectivity index (χ0v) is 21.2. The fraction of sp³-hybridized carbons (Fsp3) is 0.241. The Labute approximate surface area is 211 Å². The zero-order valence-electron chi connectivity index (χ0n) is 20.4. The zero-order chi connectivity index (χ0) is 24.7. The van der Waals surface area contributed by atoms with E-state index in [0.717, 1.165) is 34.0 Å². The van der Waals surface area contributed by atoms with Gasteiger partial charge in [-0.1, -0.05) is 38.1 Å². The molecule has 5 rings (SSSR count). The highest BCUT2D eigenvalue weighted by Gasteiger charge is 2.42. The van der Waals surface area contributed by atoms with Gasteiger partial charge in [0.1, 0.15) is 5.82 Å². The van der Waals surface area contributed by atoms with Crippen molar-refractivity contribution in [1.82, 2.24) is 14.9 Å². The van der Waals surface area contributed by atoms with E-state index in [1.807, 2.05) is 30.5 Å². The first kappa shape index (κ1) is 23.2. The number of hydrogen-bond donors (Lipinski definition) is 1. The minimum absolute atomic E-state index is 0.115. The maximum absolute atomic E-state index is 14.1. The summed E-state index contributed by atoms with van der Waals surface area (Å²) in [4.78, 5) is 6.85. The first-order valence-electron chi connectivity index (χ1n) is 11.9. The third kappa shape index (κ3) is 4.23. The van der Waals surface area contributed by atoms with Gasteiger partial charge >= 0.3 is 0 Å². The number of pyridine rings is 1. The third-order valence-corrected chi connectivity index (χ3v) is 7.11. The van der Waals surface area contributed by atoms with E-state index in [2.05, 4.69) is 77.8 Å². The van der Waals surface area contributed by atoms with Crippen molar-refractivity contribution >= 4 is 23.0 Å². The van der Waals surface area contributed by atoms with Crippen molar-refractivity contribution in [2.45, 2.75) is 45.7 Å². The lowest BCUT2D eigenvalue weighted by Crippen LogP contribution is -2.29. The second-order valence-electron chi connectivity index (χ2n) is 9.38. The highest BCUT2D eigenvalue weighted by molar-refractivity contribution is 7.80. The molecule has 3 heterocycles. The lowest BCUT2D eigenvalue weighted by atomic mass is 9.96. The van der Waals surface area contributed by atoms with Crippen LogP contribution in [0.4, 0.5) is 10.1 Å². The Morgan fingerprint density at radius 1 is 0.943 bits per heavy atom. The summed E-state index contributed by atoms with van der Waals surface area (Å²) in [7, 11) is 0. The van der Waals surface area contributed by atoms with Gasteiger partial charge in [0.05, 0.1) is 17.8 Å². The molecule has 1 N–H and O–H groups in total. The van der Waals surface area contributed by atoms with Crippen LogP contribution >= 0.6 is 12.2 Å². The Hall–Kier alpha value is -3.51. The third-order valence-electron chi connectivity index (χ3n) is 6.79. The normalized spacial score (nSPS) is 17.8. The van der Waals surface area contributed by atoms with Crippen LogP contribution in [0.2, 0.25) is 0 Å². The van der Waals surface area contributed by atoms with Crippen LogP contribution in [0.1, 0.15) is 60.1 Å². The van der Waals surface area contributed by atoms with Crippen LogP contribution in [0, 0.1) is 19.7 Å². The molecule has 0 aliphatic carbocycles. The number of anilines is 1. The molecule has 1 aliphatic rings. The molecule has 0 radical (unpaired) electrons. The monoisotopic (exact) mass is 484 g/mol. The van der Waals surface area contributed by atoms with Crippen LogP contribution in [0.3, 0.4) is 0 Å². The van der Waals surface area contributed by atoms with E-state index in [-0.39, 0.29) is 17.9 Å². The molecule has 0 unspecified atom stereocenters. The van der Waals surface area contributed by atoms with Crippen molar-refractivity contribution in [1.29, 1.82) is 0 Å². The maximum atomic E-state index is 14.1. The lowest BCUT2D eigenvalue weighted by molar-refractivity contribution is 0.565. The van der Waals surface area contributed by atoms with Gasteiger partial charge in [-0.2, -0.15) is 0 Å². The summed E-state index contributed by atoms with van der Waals surface area (Å²) in [6.07, 6.45) is 1.81. The molecular weight excluding hydrogens is 455 g/mol. The molecule has 6 heteroatoms. The second-order valence-corrected chi connectivity index (χ2v) is 9.77. The van der Waals surface area contributed by atoms with Gasteiger partial charge in [-0.25, -0.2) is 4.39 Å². The lowest BCUT2D eigenvalue weighted by Gasteiger charge is -2.28. The summed E-state index contributed by atoms with van der Waals surface area (Å²) in [6, 6.07) is 23.2. The Morgan fingerprint density at radius 3 is 2.37 bits per heavy atom. The molecule has 0 amide bonds. The summed E-state index contributed by atoms with van der Waals surface area (Å²) < 4.78 is 16.2. The average Bonchev–Trinajstić information content (AvgIpc) is 3.34. The number of hydrogen-bond acceptors (Lipinski definition) is 2. The Kier molecular flexibility index (Phi) is 6.15. The summed E-state index contributed by atoms with van der Waals surface area (Å²) in [5.41, 5.74) is 7.27. The van der Waals surface area contributed by atoms with E-state index in [9.17, 15) is 4.39 Å². The topological polar surface area (TPSA) is 33.1 Å². The molecule has 2 atom stereocenters. The van der Waals surface area contributed by atoms with Crippen LogP contribution in [0.25, 0.3) is 5.69 Å². The van der Waals surface area contributed by atoms with Crippen LogP contribution in [-0.4, -0.2) is 14.7 Å². The first-order chi connectivity index (χ1) is 16.8. The second kappa shape index (κ2) is 9.27. The minimum atomic E-state index is -0.251. The molecule has 178 valence electrons. The Bertz CT molecular complexity index is 1360. The number of halogens is 1. The van der Waals surface area contributed by atoms with Gasteiger partial charge in [0.25, 0.3) is 0 Å². The maximum Gasteiger partial charge on any atom is 0.174 e. The summed E-state index contributed by atoms with van der Waals surface area (Å²) in [5.74, 6) is 0.202. The molecule has 2 aromatic heterocycles. The van der Waals surface area contributed by atoms with Crippen LogP contribution in [0.15, 0.2) is 79.0 Å². The van der Waals surface area contributed by atoms with Gasteiger partial charge in [0.15, 0.2) is 5.11 Å². The number of nitrogens with one attached hydrogen (secondary N) is 1. The van der Waals surface area contributed by atoms with Crippen LogP contribution in [0.5, 0.6) is 0 Å². The summed E-state index contributed by atoms with van der Waals surface area (Å²) in [6.45, 7) is 8.53. The van der Waals surface area contributed by atoms with Crippen molar-refractivity contribution in [3.05, 3.63) is 113 Å². The molecule has 1 saturated heterocycles. The highest BCUT2D eigenvalue weighted by Crippen LogP contribution is 2.43. The fourth-order valence-electron chi connectivity index (χ4n) is 5.07. The van der Waals surface area contributed by atoms with E-state index < -0.39 is 0 Å². The van der Waals surface area contributed by atoms with Crippen molar-refractivity contribution in [2.24, 2.45) is 0 Å². The molecule has 35 heavy (non-hydrogen) atoms. The quantitative estimate of drug-likeness (QED) is 0.312. The van der Waals surface area contributed by atoms with Crippen molar-refractivity contribution in [3.8, 4) is 5.69 Å². The van der Waals surface area contributed by atoms with E-state index in [0.29, 0.717) is 11.0 Å². The van der Waals surface area contributed by atoms with Gasteiger partial charge in [-0.15, -0.1) is 0 Å². The Balaban J connectivity index is 1.66. The van der Waals surface area contributed by atoms with Gasteiger partial charge in [-0.05, 0) is 91.6 Å². The SMILES string of the molecule is Cc1cc([C@@H]2[C@H](c3ccccn3)NC(=S)N2c2ccc(C(C)C)cc2)c(C)n1-c1cccc(F)c1. The van der Waals surface area contributed by atoms with Crippen LogP contribution < -0.4 is 10.2 Å². The van der Waals surface area contributed by atoms with Gasteiger partial charge in [0.2, 0.25) is 0 Å². The number of aromatic nitrogens is 2. The van der Waals surface area contributed by atoms with Crippen molar-refractivity contribution in [2.75, 3.05) is 4.90 Å². The van der Waals surface area contributed by atoms with Gasteiger partial charge in [-0.3, -0.25) is 4.98 Å². The predicted octanol–water partition coefficient (Wildman–Crippen LogP) is 6.93. The highest BCUT2D eigenvalue weighted by atomic mass is 32.1. The molecule has 1 fully saturated rings. The molecule has 0 spiro atoms. The van der Waals surface area contributed by atoms with Gasteiger partial charge < -0.3 is 14.8 Å². The molecule has 4 aromatic rings. The fourth-order valence-corrected chi connectivity index (χ4v) is 5.41. The van der Waals surface area contributed by atoms with Gasteiger partial charge in [0, 0.05) is 29.0 Å². The standard InChI is InChI=1S/C29H29FN4S/c1-18(2)21-11-13-23(14-12-21)34-28(27(32-29(34)35)26-10-5-6-15-31-26)25-16-19(3)33(20(25)4)24-9-7-8-22(30)17-24/h5-18,27-28H,1-4H3,(H,32,35)/t27-,28+/m0/s1. The van der Waals surface area contributed by atoms with Crippen molar-refractivity contribution < 1.29 is 4.39 Å². The first-order valence-corrected chi connectivity index (χ1v) is 12.3. The largest absolute Gasteiger partial charge is 0.351 e. The summed E-state index contributed by atoms with van der Waals surface area (Å²) in [5, 5.41) is 4.20. The molecule has 4 nitrogen and oxygen atoms in total. The molecule has 0 saturated carbocycles. The number of rotatable bonds is 5. The van der Waals surface area contributed by atoms with Crippen molar-refractivity contribution in [3.63, 3.8) is 0 Å². The number of nitrogens with zero attached hydrogens (tertiary/aromatic N) is 3. The van der Waals surface area contributed by atoms with E-state index >= 15 is 0 Å².